The lowest BCUT2D eigenvalue weighted by Crippen LogP contribution is -2.46. The standard InChI is InChI=1S/C21H26N2O3S.ClH/c1-16-5-11-20(12-6-16)27(25,26)15-17-7-9-18(10-8-17)21(24)23-13-3-4-19(14-23)22-2;/h5-12,19,22H,3-4,13-15H2,1-2H3;1H. The first-order chi connectivity index (χ1) is 12.9. The van der Waals surface area contributed by atoms with Crippen LogP contribution in [0.1, 0.15) is 34.3 Å². The van der Waals surface area contributed by atoms with Gasteiger partial charge in [-0.25, -0.2) is 8.42 Å². The van der Waals surface area contributed by atoms with E-state index in [4.69, 9.17) is 0 Å². The minimum atomic E-state index is -3.40. The van der Waals surface area contributed by atoms with Crippen molar-refractivity contribution in [3.63, 3.8) is 0 Å². The number of hydrogen-bond acceptors (Lipinski definition) is 4. The van der Waals surface area contributed by atoms with E-state index in [9.17, 15) is 13.2 Å². The van der Waals surface area contributed by atoms with E-state index < -0.39 is 9.84 Å². The van der Waals surface area contributed by atoms with Crippen LogP contribution in [0.25, 0.3) is 0 Å². The fourth-order valence-corrected chi connectivity index (χ4v) is 4.72. The molecule has 0 saturated carbocycles. The summed E-state index contributed by atoms with van der Waals surface area (Å²) >= 11 is 0. The van der Waals surface area contributed by atoms with Crippen LogP contribution in [-0.2, 0) is 15.6 Å². The van der Waals surface area contributed by atoms with Crippen molar-refractivity contribution >= 4 is 28.2 Å². The summed E-state index contributed by atoms with van der Waals surface area (Å²) in [5.41, 5.74) is 2.30. The van der Waals surface area contributed by atoms with Crippen LogP contribution in [0.4, 0.5) is 0 Å². The van der Waals surface area contributed by atoms with Crippen LogP contribution in [0.15, 0.2) is 53.4 Å². The minimum Gasteiger partial charge on any atom is -0.337 e. The number of nitrogens with zero attached hydrogens (tertiary/aromatic N) is 1. The molecule has 7 heteroatoms. The van der Waals surface area contributed by atoms with Gasteiger partial charge in [-0.05, 0) is 56.6 Å². The van der Waals surface area contributed by atoms with Gasteiger partial charge in [0.05, 0.1) is 10.6 Å². The van der Waals surface area contributed by atoms with Crippen LogP contribution in [-0.4, -0.2) is 45.4 Å². The lowest BCUT2D eigenvalue weighted by Gasteiger charge is -2.32. The molecule has 1 aliphatic heterocycles. The summed E-state index contributed by atoms with van der Waals surface area (Å²) in [6.07, 6.45) is 2.07. The second-order valence-electron chi connectivity index (χ2n) is 7.15. The van der Waals surface area contributed by atoms with Gasteiger partial charge >= 0.3 is 0 Å². The first-order valence-electron chi connectivity index (χ1n) is 9.24. The molecule has 1 fully saturated rings. The zero-order valence-electron chi connectivity index (χ0n) is 16.2. The Balaban J connectivity index is 0.00000280. The number of aryl methyl sites for hydroxylation is 1. The van der Waals surface area contributed by atoms with Crippen molar-refractivity contribution in [2.45, 2.75) is 36.5 Å². The summed E-state index contributed by atoms with van der Waals surface area (Å²) in [6.45, 7) is 3.40. The predicted molar refractivity (Wildman–Crippen MR) is 114 cm³/mol. The number of sulfone groups is 1. The molecule has 2 aromatic rings. The van der Waals surface area contributed by atoms with Crippen molar-refractivity contribution in [2.24, 2.45) is 0 Å². The number of halogens is 1. The van der Waals surface area contributed by atoms with Crippen molar-refractivity contribution in [1.29, 1.82) is 0 Å². The molecule has 28 heavy (non-hydrogen) atoms. The normalized spacial score (nSPS) is 17.1. The van der Waals surface area contributed by atoms with E-state index in [0.29, 0.717) is 28.6 Å². The third-order valence-corrected chi connectivity index (χ3v) is 6.76. The van der Waals surface area contributed by atoms with E-state index in [-0.39, 0.29) is 24.1 Å². The van der Waals surface area contributed by atoms with E-state index in [1.807, 2.05) is 18.9 Å². The Morgan fingerprint density at radius 1 is 1.11 bits per heavy atom. The Hall–Kier alpha value is -1.89. The van der Waals surface area contributed by atoms with Crippen LogP contribution in [0.2, 0.25) is 0 Å². The summed E-state index contributed by atoms with van der Waals surface area (Å²) in [5.74, 6) is -0.0707. The van der Waals surface area contributed by atoms with Gasteiger partial charge in [0.15, 0.2) is 9.84 Å². The molecule has 1 heterocycles. The largest absolute Gasteiger partial charge is 0.337 e. The average Bonchev–Trinajstić information content (AvgIpc) is 2.68. The van der Waals surface area contributed by atoms with Gasteiger partial charge in [0.25, 0.3) is 5.91 Å². The van der Waals surface area contributed by atoms with Crippen molar-refractivity contribution in [3.8, 4) is 0 Å². The number of benzene rings is 2. The lowest BCUT2D eigenvalue weighted by atomic mass is 10.0. The SMILES string of the molecule is CNC1CCCN(C(=O)c2ccc(CS(=O)(=O)c3ccc(C)cc3)cc2)C1.Cl. The molecule has 1 aliphatic rings. The summed E-state index contributed by atoms with van der Waals surface area (Å²) in [4.78, 5) is 14.9. The molecule has 0 spiro atoms. The Morgan fingerprint density at radius 2 is 1.75 bits per heavy atom. The third kappa shape index (κ3) is 5.34. The fourth-order valence-electron chi connectivity index (χ4n) is 3.37. The van der Waals surface area contributed by atoms with Gasteiger partial charge in [-0.2, -0.15) is 0 Å². The monoisotopic (exact) mass is 422 g/mol. The van der Waals surface area contributed by atoms with E-state index in [1.165, 1.54) is 0 Å². The zero-order valence-corrected chi connectivity index (χ0v) is 17.9. The number of carbonyl (C=O) groups is 1. The number of amides is 1. The molecule has 1 unspecified atom stereocenters. The predicted octanol–water partition coefficient (Wildman–Crippen LogP) is 3.21. The van der Waals surface area contributed by atoms with Gasteiger partial charge in [0.1, 0.15) is 0 Å². The maximum absolute atomic E-state index is 12.7. The zero-order chi connectivity index (χ0) is 19.4. The highest BCUT2D eigenvalue weighted by Crippen LogP contribution is 2.19. The molecule has 3 rings (SSSR count). The maximum atomic E-state index is 12.7. The molecule has 5 nitrogen and oxygen atoms in total. The van der Waals surface area contributed by atoms with E-state index in [1.54, 1.807) is 48.5 Å². The van der Waals surface area contributed by atoms with Gasteiger partial charge in [-0.15, -0.1) is 12.4 Å². The Labute approximate surface area is 173 Å². The molecule has 0 aromatic heterocycles. The number of carbonyl (C=O) groups excluding carboxylic acids is 1. The Bertz CT molecular complexity index is 896. The Kier molecular flexibility index (Phi) is 7.63. The molecule has 2 aromatic carbocycles. The van der Waals surface area contributed by atoms with Gasteiger partial charge < -0.3 is 10.2 Å². The first kappa shape index (κ1) is 22.4. The van der Waals surface area contributed by atoms with Crippen molar-refractivity contribution in [3.05, 3.63) is 65.2 Å². The lowest BCUT2D eigenvalue weighted by molar-refractivity contribution is 0.0698. The summed E-state index contributed by atoms with van der Waals surface area (Å²) in [5, 5.41) is 3.23. The quantitative estimate of drug-likeness (QED) is 0.803. The van der Waals surface area contributed by atoms with Crippen LogP contribution in [0.5, 0.6) is 0 Å². The minimum absolute atomic E-state index is 0. The van der Waals surface area contributed by atoms with Crippen molar-refractivity contribution in [2.75, 3.05) is 20.1 Å². The molecular weight excluding hydrogens is 396 g/mol. The number of nitrogens with one attached hydrogen (secondary N) is 1. The van der Waals surface area contributed by atoms with Gasteiger partial charge in [0.2, 0.25) is 0 Å². The smallest absolute Gasteiger partial charge is 0.253 e. The fraction of sp³-hybridized carbons (Fsp3) is 0.381. The molecular formula is C21H27ClN2O3S. The highest BCUT2D eigenvalue weighted by molar-refractivity contribution is 7.90. The summed E-state index contributed by atoms with van der Waals surface area (Å²) < 4.78 is 25.1. The number of rotatable bonds is 5. The average molecular weight is 423 g/mol. The topological polar surface area (TPSA) is 66.5 Å². The molecule has 0 bridgehead atoms. The van der Waals surface area contributed by atoms with Gasteiger partial charge in [-0.1, -0.05) is 29.8 Å². The molecule has 1 amide bonds. The maximum Gasteiger partial charge on any atom is 0.253 e. The van der Waals surface area contributed by atoms with E-state index >= 15 is 0 Å². The molecule has 1 saturated heterocycles. The molecule has 152 valence electrons. The third-order valence-electron chi connectivity index (χ3n) is 5.05. The Morgan fingerprint density at radius 3 is 2.36 bits per heavy atom. The molecule has 0 radical (unpaired) electrons. The van der Waals surface area contributed by atoms with E-state index in [0.717, 1.165) is 24.9 Å². The highest BCUT2D eigenvalue weighted by Gasteiger charge is 2.23. The van der Waals surface area contributed by atoms with Crippen LogP contribution in [0.3, 0.4) is 0 Å². The molecule has 1 N–H and O–H groups in total. The summed E-state index contributed by atoms with van der Waals surface area (Å²) in [7, 11) is -1.48. The number of piperidine rings is 1. The molecule has 1 atom stereocenters. The van der Waals surface area contributed by atoms with Gasteiger partial charge in [-0.3, -0.25) is 4.79 Å². The summed E-state index contributed by atoms with van der Waals surface area (Å²) in [6, 6.07) is 14.1. The number of hydrogen-bond donors (Lipinski definition) is 1. The van der Waals surface area contributed by atoms with Crippen molar-refractivity contribution in [1.82, 2.24) is 10.2 Å². The number of likely N-dealkylation sites (tertiary alicyclic amines) is 1. The second-order valence-corrected chi connectivity index (χ2v) is 9.14. The number of likely N-dealkylation sites (N-methyl/N-ethyl adjacent to an activating group) is 1. The highest BCUT2D eigenvalue weighted by atomic mass is 35.5. The molecule has 0 aliphatic carbocycles. The first-order valence-corrected chi connectivity index (χ1v) is 10.9. The van der Waals surface area contributed by atoms with Crippen LogP contribution < -0.4 is 5.32 Å². The van der Waals surface area contributed by atoms with Crippen molar-refractivity contribution < 1.29 is 13.2 Å². The van der Waals surface area contributed by atoms with E-state index in [2.05, 4.69) is 5.32 Å². The van der Waals surface area contributed by atoms with Gasteiger partial charge in [0, 0.05) is 24.7 Å². The van der Waals surface area contributed by atoms with Crippen LogP contribution in [0, 0.1) is 6.92 Å². The van der Waals surface area contributed by atoms with Crippen LogP contribution >= 0.6 is 12.4 Å². The second kappa shape index (κ2) is 9.54.